The smallest absolute Gasteiger partial charge is 0.224 e. The molecule has 0 unspecified atom stereocenters. The van der Waals surface area contributed by atoms with Gasteiger partial charge in [-0.1, -0.05) is 15.9 Å². The molecule has 22 heavy (non-hydrogen) atoms. The van der Waals surface area contributed by atoms with Crippen molar-refractivity contribution in [2.24, 2.45) is 0 Å². The molecule has 0 radical (unpaired) electrons. The molecule has 0 atom stereocenters. The highest BCUT2D eigenvalue weighted by molar-refractivity contribution is 9.10. The third kappa shape index (κ3) is 4.20. The van der Waals surface area contributed by atoms with Gasteiger partial charge >= 0.3 is 0 Å². The summed E-state index contributed by atoms with van der Waals surface area (Å²) in [4.78, 5) is 16.4. The highest BCUT2D eigenvalue weighted by Crippen LogP contribution is 2.33. The van der Waals surface area contributed by atoms with E-state index in [0.29, 0.717) is 18.0 Å². The van der Waals surface area contributed by atoms with E-state index in [9.17, 15) is 4.79 Å². The van der Waals surface area contributed by atoms with E-state index in [-0.39, 0.29) is 12.3 Å². The van der Waals surface area contributed by atoms with Gasteiger partial charge < -0.3 is 14.8 Å². The van der Waals surface area contributed by atoms with Crippen LogP contribution in [0.15, 0.2) is 22.0 Å². The molecule has 1 aromatic heterocycles. The number of carbonyl (C=O) groups excluding carboxylic acids is 1. The van der Waals surface area contributed by atoms with Gasteiger partial charge in [0.25, 0.3) is 0 Å². The van der Waals surface area contributed by atoms with Crippen molar-refractivity contribution < 1.29 is 14.3 Å². The molecular weight excluding hydrogens is 368 g/mol. The van der Waals surface area contributed by atoms with Crippen LogP contribution >= 0.6 is 27.3 Å². The summed E-state index contributed by atoms with van der Waals surface area (Å²) in [7, 11) is 3.15. The number of nitrogens with zero attached hydrogens (tertiary/aromatic N) is 1. The highest BCUT2D eigenvalue weighted by atomic mass is 79.9. The fourth-order valence-corrected chi connectivity index (χ4v) is 3.10. The van der Waals surface area contributed by atoms with E-state index in [2.05, 4.69) is 26.2 Å². The van der Waals surface area contributed by atoms with Crippen LogP contribution in [0.4, 0.5) is 0 Å². The van der Waals surface area contributed by atoms with Crippen LogP contribution in [-0.4, -0.2) is 25.1 Å². The third-order valence-corrected chi connectivity index (χ3v) is 4.71. The number of hydrogen-bond acceptors (Lipinski definition) is 5. The molecule has 0 fully saturated rings. The first-order chi connectivity index (χ1) is 10.5. The van der Waals surface area contributed by atoms with Crippen LogP contribution < -0.4 is 14.8 Å². The first-order valence-corrected chi connectivity index (χ1v) is 8.29. The minimum absolute atomic E-state index is 0.0687. The van der Waals surface area contributed by atoms with Crippen LogP contribution in [0.1, 0.15) is 16.3 Å². The molecule has 1 amide bonds. The van der Waals surface area contributed by atoms with Gasteiger partial charge in [0.05, 0.1) is 27.2 Å². The van der Waals surface area contributed by atoms with E-state index in [1.165, 1.54) is 0 Å². The van der Waals surface area contributed by atoms with E-state index in [1.54, 1.807) is 37.7 Å². The Morgan fingerprint density at radius 1 is 1.32 bits per heavy atom. The van der Waals surface area contributed by atoms with Crippen molar-refractivity contribution in [2.75, 3.05) is 14.2 Å². The molecule has 0 bridgehead atoms. The number of rotatable bonds is 6. The van der Waals surface area contributed by atoms with Crippen molar-refractivity contribution in [1.82, 2.24) is 10.3 Å². The molecule has 1 heterocycles. The summed E-state index contributed by atoms with van der Waals surface area (Å²) >= 11 is 4.99. The van der Waals surface area contributed by atoms with Gasteiger partial charge in [0.1, 0.15) is 5.01 Å². The first kappa shape index (κ1) is 16.8. The molecular formula is C15H17BrN2O3S. The Kier molecular flexibility index (Phi) is 5.79. The average Bonchev–Trinajstić information content (AvgIpc) is 2.92. The molecule has 0 aliphatic carbocycles. The van der Waals surface area contributed by atoms with Crippen molar-refractivity contribution in [3.63, 3.8) is 0 Å². The molecule has 7 heteroatoms. The number of benzene rings is 1. The van der Waals surface area contributed by atoms with Gasteiger partial charge in [-0.15, -0.1) is 11.3 Å². The van der Waals surface area contributed by atoms with Crippen LogP contribution in [-0.2, 0) is 17.8 Å². The summed E-state index contributed by atoms with van der Waals surface area (Å²) in [5.41, 5.74) is 1.81. The Bertz CT molecular complexity index is 673. The van der Waals surface area contributed by atoms with Gasteiger partial charge in [-0.25, -0.2) is 4.98 Å². The Hall–Kier alpha value is -1.60. The molecule has 118 valence electrons. The zero-order chi connectivity index (χ0) is 16.1. The van der Waals surface area contributed by atoms with Crippen molar-refractivity contribution in [3.05, 3.63) is 38.3 Å². The van der Waals surface area contributed by atoms with E-state index in [0.717, 1.165) is 20.7 Å². The van der Waals surface area contributed by atoms with Gasteiger partial charge in [0.2, 0.25) is 5.91 Å². The fourth-order valence-electron chi connectivity index (χ4n) is 1.93. The molecule has 1 aromatic carbocycles. The van der Waals surface area contributed by atoms with Crippen molar-refractivity contribution in [3.8, 4) is 11.5 Å². The van der Waals surface area contributed by atoms with Gasteiger partial charge in [0.15, 0.2) is 11.5 Å². The average molecular weight is 385 g/mol. The van der Waals surface area contributed by atoms with Crippen LogP contribution in [0.3, 0.4) is 0 Å². The molecule has 2 rings (SSSR count). The molecule has 0 spiro atoms. The molecule has 0 saturated carbocycles. The van der Waals surface area contributed by atoms with Gasteiger partial charge in [0, 0.05) is 15.5 Å². The quantitative estimate of drug-likeness (QED) is 0.830. The van der Waals surface area contributed by atoms with Gasteiger partial charge in [-0.2, -0.15) is 0 Å². The second-order valence-electron chi connectivity index (χ2n) is 4.63. The van der Waals surface area contributed by atoms with E-state index in [1.807, 2.05) is 12.3 Å². The zero-order valence-corrected chi connectivity index (χ0v) is 15.0. The summed E-state index contributed by atoms with van der Waals surface area (Å²) in [6.45, 7) is 2.38. The topological polar surface area (TPSA) is 60.5 Å². The lowest BCUT2D eigenvalue weighted by Gasteiger charge is -2.11. The number of ether oxygens (including phenoxy) is 2. The summed E-state index contributed by atoms with van der Waals surface area (Å²) in [6, 6.07) is 3.60. The van der Waals surface area contributed by atoms with Gasteiger partial charge in [-0.3, -0.25) is 4.79 Å². The summed E-state index contributed by atoms with van der Waals surface area (Å²) in [6.07, 6.45) is 0.255. The second-order valence-corrected chi connectivity index (χ2v) is 6.43. The van der Waals surface area contributed by atoms with E-state index < -0.39 is 0 Å². The minimum Gasteiger partial charge on any atom is -0.493 e. The van der Waals surface area contributed by atoms with Crippen LogP contribution in [0, 0.1) is 6.92 Å². The maximum Gasteiger partial charge on any atom is 0.224 e. The summed E-state index contributed by atoms with van der Waals surface area (Å²) < 4.78 is 11.3. The molecule has 0 aliphatic rings. The molecule has 2 aromatic rings. The zero-order valence-electron chi connectivity index (χ0n) is 12.6. The number of methoxy groups -OCH3 is 2. The molecule has 0 aliphatic heterocycles. The second kappa shape index (κ2) is 7.60. The maximum atomic E-state index is 12.1. The number of nitrogens with one attached hydrogen (secondary N) is 1. The SMILES string of the molecule is COc1cc(Br)c(CC(=O)NCc2nc(C)cs2)cc1OC. The number of carbonyl (C=O) groups is 1. The number of halogens is 1. The first-order valence-electron chi connectivity index (χ1n) is 6.61. The number of aromatic nitrogens is 1. The van der Waals surface area contributed by atoms with Crippen LogP contribution in [0.2, 0.25) is 0 Å². The normalized spacial score (nSPS) is 10.4. The molecule has 5 nitrogen and oxygen atoms in total. The Morgan fingerprint density at radius 2 is 2.00 bits per heavy atom. The fraction of sp³-hybridized carbons (Fsp3) is 0.333. The largest absolute Gasteiger partial charge is 0.493 e. The van der Waals surface area contributed by atoms with Gasteiger partial charge in [-0.05, 0) is 24.6 Å². The number of hydrogen-bond donors (Lipinski definition) is 1. The van der Waals surface area contributed by atoms with Crippen molar-refractivity contribution in [2.45, 2.75) is 19.9 Å². The minimum atomic E-state index is -0.0687. The number of aryl methyl sites for hydroxylation is 1. The maximum absolute atomic E-state index is 12.1. The monoisotopic (exact) mass is 384 g/mol. The summed E-state index contributed by atoms with van der Waals surface area (Å²) in [5, 5.41) is 5.74. The lowest BCUT2D eigenvalue weighted by molar-refractivity contribution is -0.120. The highest BCUT2D eigenvalue weighted by Gasteiger charge is 2.13. The van der Waals surface area contributed by atoms with E-state index >= 15 is 0 Å². The van der Waals surface area contributed by atoms with Crippen LogP contribution in [0.25, 0.3) is 0 Å². The van der Waals surface area contributed by atoms with Crippen LogP contribution in [0.5, 0.6) is 11.5 Å². The molecule has 0 saturated heterocycles. The number of amides is 1. The Balaban J connectivity index is 2.01. The molecule has 1 N–H and O–H groups in total. The van der Waals surface area contributed by atoms with E-state index in [4.69, 9.17) is 9.47 Å². The van der Waals surface area contributed by atoms with Crippen molar-refractivity contribution in [1.29, 1.82) is 0 Å². The number of thiazole rings is 1. The predicted octanol–water partition coefficient (Wildman–Crippen LogP) is 3.09. The third-order valence-electron chi connectivity index (χ3n) is 3.01. The Labute approximate surface area is 141 Å². The summed E-state index contributed by atoms with van der Waals surface area (Å²) in [5.74, 6) is 1.15. The standard InChI is InChI=1S/C15H17BrN2O3S/c1-9-8-22-15(18-9)7-17-14(19)5-10-4-12(20-2)13(21-3)6-11(10)16/h4,6,8H,5,7H2,1-3H3,(H,17,19). The lowest BCUT2D eigenvalue weighted by Crippen LogP contribution is -2.24. The Morgan fingerprint density at radius 3 is 2.59 bits per heavy atom. The van der Waals surface area contributed by atoms with Crippen molar-refractivity contribution >= 4 is 33.2 Å². The predicted molar refractivity (Wildman–Crippen MR) is 89.6 cm³/mol. The lowest BCUT2D eigenvalue weighted by atomic mass is 10.1.